The lowest BCUT2D eigenvalue weighted by Gasteiger charge is -2.27. The third-order valence-electron chi connectivity index (χ3n) is 6.10. The minimum Gasteiger partial charge on any atom is -0.379 e. The number of fused-ring (bicyclic) bond motifs is 1. The molecule has 10 nitrogen and oxygen atoms in total. The van der Waals surface area contributed by atoms with Crippen molar-refractivity contribution in [3.8, 4) is 0 Å². The number of ether oxygens (including phenoxy) is 1. The average Bonchev–Trinajstić information content (AvgIpc) is 3.44. The van der Waals surface area contributed by atoms with Crippen molar-refractivity contribution in [1.82, 2.24) is 29.5 Å². The molecule has 1 N–H and O–H groups in total. The molecule has 1 aromatic heterocycles. The van der Waals surface area contributed by atoms with Crippen LogP contribution >= 0.6 is 0 Å². The van der Waals surface area contributed by atoms with Gasteiger partial charge in [0.2, 0.25) is 15.9 Å². The van der Waals surface area contributed by atoms with Crippen molar-refractivity contribution in [3.05, 3.63) is 18.2 Å². The molecule has 1 atom stereocenters. The van der Waals surface area contributed by atoms with Crippen LogP contribution in [0.1, 0.15) is 39.2 Å². The molecule has 0 saturated carbocycles. The molecular formula is C21H32N6O4S. The first-order valence-electron chi connectivity index (χ1n) is 11.3. The first kappa shape index (κ1) is 23.1. The van der Waals surface area contributed by atoms with Gasteiger partial charge in [-0.2, -0.15) is 4.31 Å². The third kappa shape index (κ3) is 4.80. The van der Waals surface area contributed by atoms with E-state index in [0.29, 0.717) is 31.4 Å². The Kier molecular flexibility index (Phi) is 7.08. The van der Waals surface area contributed by atoms with Crippen molar-refractivity contribution in [3.63, 3.8) is 0 Å². The summed E-state index contributed by atoms with van der Waals surface area (Å²) in [5.41, 5.74) is 1.32. The van der Waals surface area contributed by atoms with Crippen molar-refractivity contribution >= 4 is 27.0 Å². The first-order chi connectivity index (χ1) is 15.4. The number of nitrogens with one attached hydrogen (secondary N) is 1. The van der Waals surface area contributed by atoms with Crippen LogP contribution in [0.25, 0.3) is 11.0 Å². The van der Waals surface area contributed by atoms with Crippen LogP contribution in [-0.4, -0.2) is 90.5 Å². The van der Waals surface area contributed by atoms with Crippen LogP contribution in [0.3, 0.4) is 0 Å². The van der Waals surface area contributed by atoms with Crippen LogP contribution < -0.4 is 5.32 Å². The van der Waals surface area contributed by atoms with Gasteiger partial charge in [0.25, 0.3) is 0 Å². The van der Waals surface area contributed by atoms with E-state index in [1.54, 1.807) is 22.9 Å². The van der Waals surface area contributed by atoms with Crippen LogP contribution in [-0.2, 0) is 19.6 Å². The Morgan fingerprint density at radius 2 is 2.03 bits per heavy atom. The predicted octanol–water partition coefficient (Wildman–Crippen LogP) is 1.00. The van der Waals surface area contributed by atoms with Gasteiger partial charge in [0.15, 0.2) is 0 Å². The molecule has 0 aliphatic carbocycles. The number of hydrogen-bond acceptors (Lipinski definition) is 7. The van der Waals surface area contributed by atoms with E-state index in [1.807, 2.05) is 13.8 Å². The largest absolute Gasteiger partial charge is 0.379 e. The molecule has 11 heteroatoms. The number of sulfonamides is 1. The van der Waals surface area contributed by atoms with E-state index in [1.165, 1.54) is 4.31 Å². The Morgan fingerprint density at radius 1 is 1.25 bits per heavy atom. The van der Waals surface area contributed by atoms with Gasteiger partial charge in [-0.05, 0) is 57.9 Å². The fraction of sp³-hybridized carbons (Fsp3) is 0.667. The zero-order chi connectivity index (χ0) is 22.7. The maximum absolute atomic E-state index is 13.3. The van der Waals surface area contributed by atoms with Crippen LogP contribution in [0.5, 0.6) is 0 Å². The van der Waals surface area contributed by atoms with E-state index in [4.69, 9.17) is 4.74 Å². The summed E-state index contributed by atoms with van der Waals surface area (Å²) in [7, 11) is -3.81. The SMILES string of the molecule is CC(C)n1nnc2cc(S(=O)(=O)N3CCC[C@H]3C(=O)NCCCN3CCOCC3)ccc21. The summed E-state index contributed by atoms with van der Waals surface area (Å²) in [5, 5.41) is 11.2. The Morgan fingerprint density at radius 3 is 2.78 bits per heavy atom. The molecule has 1 amide bonds. The maximum atomic E-state index is 13.3. The molecule has 0 unspecified atom stereocenters. The zero-order valence-electron chi connectivity index (χ0n) is 18.7. The fourth-order valence-electron chi connectivity index (χ4n) is 4.35. The minimum absolute atomic E-state index is 0.123. The van der Waals surface area contributed by atoms with Gasteiger partial charge >= 0.3 is 0 Å². The van der Waals surface area contributed by atoms with Crippen molar-refractivity contribution in [2.75, 3.05) is 45.9 Å². The lowest BCUT2D eigenvalue weighted by atomic mass is 10.2. The molecule has 0 radical (unpaired) electrons. The predicted molar refractivity (Wildman–Crippen MR) is 120 cm³/mol. The molecule has 1 aromatic carbocycles. The topological polar surface area (TPSA) is 110 Å². The maximum Gasteiger partial charge on any atom is 0.243 e. The van der Waals surface area contributed by atoms with E-state index >= 15 is 0 Å². The van der Waals surface area contributed by atoms with E-state index in [2.05, 4.69) is 20.5 Å². The average molecular weight is 465 g/mol. The van der Waals surface area contributed by atoms with Crippen molar-refractivity contribution < 1.29 is 17.9 Å². The third-order valence-corrected chi connectivity index (χ3v) is 8.00. The smallest absolute Gasteiger partial charge is 0.243 e. The number of amides is 1. The van der Waals surface area contributed by atoms with E-state index in [0.717, 1.165) is 44.8 Å². The molecule has 0 spiro atoms. The number of morpholine rings is 1. The van der Waals surface area contributed by atoms with Crippen molar-refractivity contribution in [1.29, 1.82) is 0 Å². The highest BCUT2D eigenvalue weighted by atomic mass is 32.2. The van der Waals surface area contributed by atoms with Crippen LogP contribution in [0.15, 0.2) is 23.1 Å². The lowest BCUT2D eigenvalue weighted by molar-refractivity contribution is -0.124. The standard InChI is InChI=1S/C21H32N6O4S/c1-16(2)27-19-7-6-17(15-18(19)23-24-27)32(29,30)26-10-3-5-20(26)21(28)22-8-4-9-25-11-13-31-14-12-25/h6-7,15-16,20H,3-5,8-14H2,1-2H3,(H,22,28)/t20-/m0/s1. The first-order valence-corrected chi connectivity index (χ1v) is 12.8. The molecule has 2 aliphatic rings. The number of benzene rings is 1. The van der Waals surface area contributed by atoms with Gasteiger partial charge in [0.05, 0.1) is 23.6 Å². The molecule has 2 saturated heterocycles. The summed E-state index contributed by atoms with van der Waals surface area (Å²) in [6.07, 6.45) is 2.02. The summed E-state index contributed by atoms with van der Waals surface area (Å²) >= 11 is 0. The number of hydrogen-bond donors (Lipinski definition) is 1. The normalized spacial score (nSPS) is 20.9. The Balaban J connectivity index is 1.40. The van der Waals surface area contributed by atoms with Gasteiger partial charge in [-0.1, -0.05) is 5.21 Å². The Labute approximate surface area is 188 Å². The van der Waals surface area contributed by atoms with Gasteiger partial charge in [0, 0.05) is 32.2 Å². The van der Waals surface area contributed by atoms with Crippen LogP contribution in [0.4, 0.5) is 0 Å². The van der Waals surface area contributed by atoms with Gasteiger partial charge in [-0.15, -0.1) is 5.10 Å². The lowest BCUT2D eigenvalue weighted by Crippen LogP contribution is -2.46. The second-order valence-electron chi connectivity index (χ2n) is 8.65. The molecule has 2 aromatic rings. The molecule has 0 bridgehead atoms. The van der Waals surface area contributed by atoms with Crippen LogP contribution in [0, 0.1) is 0 Å². The van der Waals surface area contributed by atoms with E-state index < -0.39 is 16.1 Å². The summed E-state index contributed by atoms with van der Waals surface area (Å²) < 4.78 is 35.1. The van der Waals surface area contributed by atoms with Gasteiger partial charge in [-0.25, -0.2) is 13.1 Å². The van der Waals surface area contributed by atoms with Gasteiger partial charge in [-0.3, -0.25) is 9.69 Å². The zero-order valence-corrected chi connectivity index (χ0v) is 19.6. The van der Waals surface area contributed by atoms with E-state index in [-0.39, 0.29) is 16.8 Å². The molecular weight excluding hydrogens is 432 g/mol. The quantitative estimate of drug-likeness (QED) is 0.581. The Bertz CT molecular complexity index is 1050. The molecule has 2 aliphatic heterocycles. The van der Waals surface area contributed by atoms with Gasteiger partial charge in [0.1, 0.15) is 11.6 Å². The van der Waals surface area contributed by atoms with Gasteiger partial charge < -0.3 is 10.1 Å². The molecule has 176 valence electrons. The molecule has 4 rings (SSSR count). The summed E-state index contributed by atoms with van der Waals surface area (Å²) in [4.78, 5) is 15.3. The monoisotopic (exact) mass is 464 g/mol. The number of carbonyl (C=O) groups excluding carboxylic acids is 1. The van der Waals surface area contributed by atoms with E-state index in [9.17, 15) is 13.2 Å². The molecule has 32 heavy (non-hydrogen) atoms. The minimum atomic E-state index is -3.81. The van der Waals surface area contributed by atoms with Crippen molar-refractivity contribution in [2.45, 2.75) is 50.1 Å². The summed E-state index contributed by atoms with van der Waals surface area (Å²) in [6, 6.07) is 4.31. The highest BCUT2D eigenvalue weighted by Gasteiger charge is 2.39. The number of aromatic nitrogens is 3. The molecule has 2 fully saturated rings. The fourth-order valence-corrected chi connectivity index (χ4v) is 6.02. The second kappa shape index (κ2) is 9.82. The Hall–Kier alpha value is -2.08. The number of carbonyl (C=O) groups is 1. The highest BCUT2D eigenvalue weighted by Crippen LogP contribution is 2.28. The second-order valence-corrected chi connectivity index (χ2v) is 10.5. The number of rotatable bonds is 8. The number of nitrogens with zero attached hydrogens (tertiary/aromatic N) is 5. The summed E-state index contributed by atoms with van der Waals surface area (Å²) in [5.74, 6) is -0.222. The highest BCUT2D eigenvalue weighted by molar-refractivity contribution is 7.89. The summed E-state index contributed by atoms with van der Waals surface area (Å²) in [6.45, 7) is 9.08. The van der Waals surface area contributed by atoms with Crippen LogP contribution in [0.2, 0.25) is 0 Å². The molecule has 3 heterocycles. The van der Waals surface area contributed by atoms with Crippen molar-refractivity contribution in [2.24, 2.45) is 0 Å².